The molecule has 0 spiro atoms. The molecule has 0 aromatic carbocycles. The van der Waals surface area contributed by atoms with Crippen LogP contribution in [0, 0.1) is 5.92 Å². The molecule has 0 bridgehead atoms. The van der Waals surface area contributed by atoms with Gasteiger partial charge >= 0.3 is 12.0 Å². The number of rotatable bonds is 7. The molecule has 3 rings (SSSR count). The quantitative estimate of drug-likeness (QED) is 0.807. The first-order valence-electron chi connectivity index (χ1n) is 7.45. The summed E-state index contributed by atoms with van der Waals surface area (Å²) in [5.41, 5.74) is 0. The molecule has 2 aliphatic carbocycles. The van der Waals surface area contributed by atoms with E-state index in [2.05, 4.69) is 5.32 Å². The van der Waals surface area contributed by atoms with Crippen LogP contribution in [0.1, 0.15) is 37.9 Å². The molecule has 2 N–H and O–H groups in total. The molecule has 1 atom stereocenters. The summed E-state index contributed by atoms with van der Waals surface area (Å²) in [7, 11) is 0. The van der Waals surface area contributed by atoms with E-state index in [1.54, 1.807) is 17.2 Å². The zero-order valence-corrected chi connectivity index (χ0v) is 11.8. The Morgan fingerprint density at radius 3 is 2.67 bits per heavy atom. The summed E-state index contributed by atoms with van der Waals surface area (Å²) in [4.78, 5) is 25.1. The number of carbonyl (C=O) groups is 2. The summed E-state index contributed by atoms with van der Waals surface area (Å²) in [6, 6.07) is 3.47. The summed E-state index contributed by atoms with van der Waals surface area (Å²) >= 11 is 0. The Morgan fingerprint density at radius 2 is 2.14 bits per heavy atom. The Bertz CT molecular complexity index is 506. The van der Waals surface area contributed by atoms with E-state index in [0.717, 1.165) is 31.4 Å². The van der Waals surface area contributed by atoms with E-state index in [9.17, 15) is 9.59 Å². The van der Waals surface area contributed by atoms with Crippen LogP contribution >= 0.6 is 0 Å². The highest BCUT2D eigenvalue weighted by molar-refractivity contribution is 5.76. The second kappa shape index (κ2) is 5.79. The number of aliphatic carboxylic acids is 1. The number of furan rings is 1. The molecule has 0 saturated heterocycles. The normalized spacial score (nSPS) is 19.0. The molecule has 1 unspecified atom stereocenters. The third kappa shape index (κ3) is 3.77. The van der Waals surface area contributed by atoms with Crippen LogP contribution in [0.2, 0.25) is 0 Å². The van der Waals surface area contributed by atoms with Crippen LogP contribution in [-0.2, 0) is 11.3 Å². The van der Waals surface area contributed by atoms with Crippen LogP contribution in [-0.4, -0.2) is 34.1 Å². The number of hydrogen-bond donors (Lipinski definition) is 2. The fourth-order valence-corrected chi connectivity index (χ4v) is 2.59. The second-order valence-electron chi connectivity index (χ2n) is 5.93. The van der Waals surface area contributed by atoms with Gasteiger partial charge in [-0.3, -0.25) is 4.79 Å². The maximum Gasteiger partial charge on any atom is 0.318 e. The molecule has 6 nitrogen and oxygen atoms in total. The lowest BCUT2D eigenvalue weighted by atomic mass is 10.1. The highest BCUT2D eigenvalue weighted by atomic mass is 16.4. The Kier molecular flexibility index (Phi) is 3.86. The van der Waals surface area contributed by atoms with Crippen LogP contribution in [0.5, 0.6) is 0 Å². The van der Waals surface area contributed by atoms with Crippen molar-refractivity contribution in [3.63, 3.8) is 0 Å². The van der Waals surface area contributed by atoms with Gasteiger partial charge in [0, 0.05) is 12.1 Å². The van der Waals surface area contributed by atoms with Gasteiger partial charge in [0.25, 0.3) is 0 Å². The largest absolute Gasteiger partial charge is 0.481 e. The van der Waals surface area contributed by atoms with E-state index in [4.69, 9.17) is 9.52 Å². The van der Waals surface area contributed by atoms with E-state index in [0.29, 0.717) is 12.5 Å². The van der Waals surface area contributed by atoms with Gasteiger partial charge in [-0.25, -0.2) is 4.79 Å². The summed E-state index contributed by atoms with van der Waals surface area (Å²) < 4.78 is 5.31. The molecule has 6 heteroatoms. The van der Waals surface area contributed by atoms with Gasteiger partial charge in [0.15, 0.2) is 0 Å². The average molecular weight is 292 g/mol. The Balaban J connectivity index is 1.61. The molecule has 1 heterocycles. The Hall–Kier alpha value is -1.98. The molecule has 2 aliphatic rings. The van der Waals surface area contributed by atoms with E-state index in [-0.39, 0.29) is 24.5 Å². The van der Waals surface area contributed by atoms with Crippen molar-refractivity contribution >= 4 is 12.0 Å². The molecular weight excluding hydrogens is 272 g/mol. The summed E-state index contributed by atoms with van der Waals surface area (Å²) in [6.07, 6.45) is 5.59. The van der Waals surface area contributed by atoms with Crippen molar-refractivity contribution in [3.05, 3.63) is 24.2 Å². The third-order valence-corrected chi connectivity index (χ3v) is 4.05. The minimum atomic E-state index is -0.865. The van der Waals surface area contributed by atoms with Gasteiger partial charge in [-0.15, -0.1) is 0 Å². The lowest BCUT2D eigenvalue weighted by Gasteiger charge is -2.25. The van der Waals surface area contributed by atoms with Crippen molar-refractivity contribution in [3.8, 4) is 0 Å². The van der Waals surface area contributed by atoms with E-state index < -0.39 is 5.97 Å². The second-order valence-corrected chi connectivity index (χ2v) is 5.93. The summed E-state index contributed by atoms with van der Waals surface area (Å²) in [5.74, 6) is 0.198. The van der Waals surface area contributed by atoms with Gasteiger partial charge in [-0.05, 0) is 43.7 Å². The molecule has 1 aromatic heterocycles. The first kappa shape index (κ1) is 14.0. The number of carboxylic acid groups (broad SMARTS) is 1. The Labute approximate surface area is 123 Å². The number of carbonyl (C=O) groups excluding carboxylic acids is 1. The van der Waals surface area contributed by atoms with Crippen LogP contribution in [0.15, 0.2) is 22.8 Å². The van der Waals surface area contributed by atoms with Crippen LogP contribution in [0.4, 0.5) is 4.79 Å². The van der Waals surface area contributed by atoms with Gasteiger partial charge < -0.3 is 19.7 Å². The predicted octanol–water partition coefficient (Wildman–Crippen LogP) is 2.21. The van der Waals surface area contributed by atoms with Gasteiger partial charge in [-0.2, -0.15) is 0 Å². The van der Waals surface area contributed by atoms with Crippen molar-refractivity contribution < 1.29 is 19.1 Å². The number of amides is 2. The first-order valence-corrected chi connectivity index (χ1v) is 7.45. The zero-order chi connectivity index (χ0) is 14.8. The smallest absolute Gasteiger partial charge is 0.318 e. The Morgan fingerprint density at radius 1 is 1.38 bits per heavy atom. The highest BCUT2D eigenvalue weighted by Gasteiger charge is 2.38. The van der Waals surface area contributed by atoms with E-state index in [1.807, 2.05) is 6.07 Å². The SMILES string of the molecule is O=C(O)CC(NC(=O)N(Cc1ccco1)C1CC1)C1CC1. The number of nitrogens with zero attached hydrogens (tertiary/aromatic N) is 1. The van der Waals surface area contributed by atoms with Gasteiger partial charge in [0.1, 0.15) is 5.76 Å². The highest BCUT2D eigenvalue weighted by Crippen LogP contribution is 2.35. The van der Waals surface area contributed by atoms with Crippen LogP contribution in [0.3, 0.4) is 0 Å². The maximum atomic E-state index is 12.5. The lowest BCUT2D eigenvalue weighted by molar-refractivity contribution is -0.137. The van der Waals surface area contributed by atoms with Gasteiger partial charge in [0.2, 0.25) is 0 Å². The third-order valence-electron chi connectivity index (χ3n) is 4.05. The first-order chi connectivity index (χ1) is 10.1. The lowest BCUT2D eigenvalue weighted by Crippen LogP contribution is -2.47. The molecule has 2 saturated carbocycles. The molecular formula is C15H20N2O4. The molecule has 114 valence electrons. The van der Waals surface area contributed by atoms with Crippen LogP contribution < -0.4 is 5.32 Å². The zero-order valence-electron chi connectivity index (χ0n) is 11.8. The predicted molar refractivity (Wildman–Crippen MR) is 74.6 cm³/mol. The monoisotopic (exact) mass is 292 g/mol. The molecule has 2 amide bonds. The number of carboxylic acids is 1. The van der Waals surface area contributed by atoms with Crippen molar-refractivity contribution in [2.75, 3.05) is 0 Å². The van der Waals surface area contributed by atoms with Gasteiger partial charge in [0.05, 0.1) is 19.2 Å². The maximum absolute atomic E-state index is 12.5. The van der Waals surface area contributed by atoms with Crippen molar-refractivity contribution in [1.82, 2.24) is 10.2 Å². The van der Waals surface area contributed by atoms with E-state index in [1.165, 1.54) is 0 Å². The molecule has 0 radical (unpaired) electrons. The number of urea groups is 1. The molecule has 2 fully saturated rings. The van der Waals surface area contributed by atoms with E-state index >= 15 is 0 Å². The van der Waals surface area contributed by atoms with Crippen LogP contribution in [0.25, 0.3) is 0 Å². The average Bonchev–Trinajstić information content (AvgIpc) is 3.34. The van der Waals surface area contributed by atoms with Gasteiger partial charge in [-0.1, -0.05) is 0 Å². The molecule has 0 aliphatic heterocycles. The number of nitrogens with one attached hydrogen (secondary N) is 1. The fraction of sp³-hybridized carbons (Fsp3) is 0.600. The standard InChI is InChI=1S/C15H20N2O4/c18-14(19)8-13(10-3-4-10)16-15(20)17(11-5-6-11)9-12-2-1-7-21-12/h1-2,7,10-11,13H,3-6,8-9H2,(H,16,20)(H,18,19). The van der Waals surface area contributed by atoms with Crippen molar-refractivity contribution in [1.29, 1.82) is 0 Å². The number of hydrogen-bond acceptors (Lipinski definition) is 3. The van der Waals surface area contributed by atoms with Crippen molar-refractivity contribution in [2.45, 2.75) is 50.7 Å². The topological polar surface area (TPSA) is 82.8 Å². The van der Waals surface area contributed by atoms with Crippen molar-refractivity contribution in [2.24, 2.45) is 5.92 Å². The fourth-order valence-electron chi connectivity index (χ4n) is 2.59. The minimum Gasteiger partial charge on any atom is -0.481 e. The summed E-state index contributed by atoms with van der Waals surface area (Å²) in [5, 5.41) is 11.9. The minimum absolute atomic E-state index is 0.00430. The summed E-state index contributed by atoms with van der Waals surface area (Å²) in [6.45, 7) is 0.438. The molecule has 21 heavy (non-hydrogen) atoms. The molecule has 1 aromatic rings.